The zero-order valence-electron chi connectivity index (χ0n) is 67.3. The highest BCUT2D eigenvalue weighted by Crippen LogP contribution is 2.40. The molecule has 4 aliphatic rings. The number of aliphatic hydroxyl groups excluding tert-OH is 7. The number of alkyl carbamates (subject to hydrolysis) is 1. The monoisotopic (exact) mass is 1860 g/mol. The summed E-state index contributed by atoms with van der Waals surface area (Å²) in [4.78, 5) is 128. The lowest BCUT2D eigenvalue weighted by Gasteiger charge is -2.48. The van der Waals surface area contributed by atoms with Crippen molar-refractivity contribution in [2.24, 2.45) is 5.11 Å². The number of aliphatic hydroxyl groups is 7. The molecule has 8 N–H and O–H groups in total. The van der Waals surface area contributed by atoms with E-state index in [1.807, 2.05) is 30.3 Å². The smallest absolute Gasteiger partial charge is 0.407 e. The number of azide groups is 1. The Balaban J connectivity index is 0.000000451. The SMILES string of the molecule is I.O=C(NCCCCCO[C@H]1O[C@H](COC(=O)c2ccccc2)[C@@H](O[C@@H]2O[C@H](COC(=O)c3ccccc3)[C@H](OC(=O)c3ccccc3)[C@H](OC(=O)c3ccccc3)[C@H]2OC(=O)c2ccccc2)[C@H](OC(=O)c2ccccc2)[C@H]1OC(=O)c1ccccc1)OCc1ccccc1.[N-]=[N+]=NCCC(=O)OC[C@@]1(O[C@H]2O[C@H](CO)[C@@H](O)[C@H](O)[C@H]2O)O[C@H](CO)[C@@H](O)[C@@H]1O. The van der Waals surface area contributed by atoms with Crippen LogP contribution in [0, 0.1) is 0 Å². The number of unbranched alkanes of at least 4 members (excludes halogenated alkanes) is 2. The van der Waals surface area contributed by atoms with Gasteiger partial charge < -0.3 is 117 Å². The number of ether oxygens (including phenoxy) is 16. The second-order valence-corrected chi connectivity index (χ2v) is 28.5. The van der Waals surface area contributed by atoms with E-state index in [1.54, 1.807) is 127 Å². The first-order chi connectivity index (χ1) is 60.6. The van der Waals surface area contributed by atoms with Gasteiger partial charge >= 0.3 is 53.8 Å². The van der Waals surface area contributed by atoms with Crippen molar-refractivity contribution >= 4 is 77.8 Å². The van der Waals surface area contributed by atoms with Gasteiger partial charge in [-0.3, -0.25) is 4.79 Å². The minimum absolute atomic E-state index is 0. The summed E-state index contributed by atoms with van der Waals surface area (Å²) in [7, 11) is 0. The van der Waals surface area contributed by atoms with Gasteiger partial charge in [-0.25, -0.2) is 38.4 Å². The number of rotatable bonds is 36. The fourth-order valence-corrected chi connectivity index (χ4v) is 13.3. The summed E-state index contributed by atoms with van der Waals surface area (Å²) in [5, 5.41) is 74.9. The van der Waals surface area contributed by atoms with Crippen molar-refractivity contribution in [2.75, 3.05) is 52.7 Å². The van der Waals surface area contributed by atoms with Crippen LogP contribution in [-0.4, -0.2) is 259 Å². The molecule has 0 unspecified atom stereocenters. The van der Waals surface area contributed by atoms with Crippen molar-refractivity contribution in [3.8, 4) is 0 Å². The first-order valence-corrected chi connectivity index (χ1v) is 39.7. The van der Waals surface area contributed by atoms with Crippen molar-refractivity contribution in [3.63, 3.8) is 0 Å². The molecule has 8 aromatic carbocycles. The number of hydrogen-bond acceptors (Lipinski definition) is 33. The highest BCUT2D eigenvalue weighted by molar-refractivity contribution is 14.0. The molecule has 0 aromatic heterocycles. The summed E-state index contributed by atoms with van der Waals surface area (Å²) >= 11 is 0. The van der Waals surface area contributed by atoms with Crippen LogP contribution in [0.25, 0.3) is 10.4 Å². The Kier molecular flexibility index (Phi) is 37.3. The van der Waals surface area contributed by atoms with E-state index in [-0.39, 0.29) is 95.6 Å². The van der Waals surface area contributed by atoms with Gasteiger partial charge in [-0.05, 0) is 115 Å². The minimum Gasteiger partial charge on any atom is -0.460 e. The average Bonchev–Trinajstić information content (AvgIpc) is 1.32. The van der Waals surface area contributed by atoms with Gasteiger partial charge in [0.15, 0.2) is 49.4 Å². The molecule has 126 heavy (non-hydrogen) atoms. The second-order valence-electron chi connectivity index (χ2n) is 28.5. The molecular weight excluding hydrogens is 1760 g/mol. The maximum atomic E-state index is 14.8. The maximum absolute atomic E-state index is 14.8. The number of carbonyl (C=O) groups excluding carboxylic acids is 9. The highest BCUT2D eigenvalue weighted by Gasteiger charge is 2.61. The molecule has 19 atom stereocenters. The van der Waals surface area contributed by atoms with Gasteiger partial charge in [-0.1, -0.05) is 163 Å². The molecule has 8 aromatic rings. The summed E-state index contributed by atoms with van der Waals surface area (Å²) in [5.74, 6) is -9.83. The zero-order valence-corrected chi connectivity index (χ0v) is 69.6. The Morgan fingerprint density at radius 1 is 0.405 bits per heavy atom. The van der Waals surface area contributed by atoms with E-state index >= 15 is 0 Å². The normalized spacial score (nSPS) is 25.3. The van der Waals surface area contributed by atoms with Gasteiger partial charge in [0.25, 0.3) is 0 Å². The molecule has 668 valence electrons. The number of nitrogens with zero attached hydrogens (tertiary/aromatic N) is 3. The molecule has 0 saturated carbocycles. The van der Waals surface area contributed by atoms with Crippen LogP contribution < -0.4 is 5.32 Å². The van der Waals surface area contributed by atoms with Crippen molar-refractivity contribution in [3.05, 3.63) is 298 Å². The quantitative estimate of drug-likeness (QED) is 0.00364. The number of hydrogen-bond donors (Lipinski definition) is 8. The fourth-order valence-electron chi connectivity index (χ4n) is 13.3. The van der Waals surface area contributed by atoms with Crippen molar-refractivity contribution in [1.82, 2.24) is 5.32 Å². The van der Waals surface area contributed by atoms with Crippen LogP contribution >= 0.6 is 24.0 Å². The molecule has 4 fully saturated rings. The Morgan fingerprint density at radius 3 is 1.23 bits per heavy atom. The number of amides is 1. The Hall–Kier alpha value is -11.7. The lowest BCUT2D eigenvalue weighted by Crippen LogP contribution is -2.67. The molecule has 4 aliphatic heterocycles. The summed E-state index contributed by atoms with van der Waals surface area (Å²) in [6.07, 6.45) is -31.4. The van der Waals surface area contributed by atoms with E-state index in [1.165, 1.54) is 84.9 Å². The van der Waals surface area contributed by atoms with Gasteiger partial charge in [0.1, 0.15) is 87.5 Å². The van der Waals surface area contributed by atoms with Crippen molar-refractivity contribution < 1.29 is 155 Å². The minimum atomic E-state index is -2.34. The molecule has 4 saturated heterocycles. The average molecular weight is 1860 g/mol. The van der Waals surface area contributed by atoms with Crippen LogP contribution in [0.15, 0.2) is 248 Å². The number of esters is 8. The fraction of sp³-hybridized carbons (Fsp3) is 0.360. The molecule has 0 aliphatic carbocycles. The standard InChI is InChI=1S/C74H67NO20.C15H25N3O12.HI/c76-65(50-30-12-2-13-31-50)85-47-57-59(90-67(78)52-34-16-4-17-35-52)61(91-68(79)53-36-18-5-19-37-53)64(94-71(82)56-42-24-8-25-43-56)73(89-57)95-60-58(48-86-66(77)51-32-14-3-15-33-51)88-72(84-45-27-9-26-44-75-74(83)87-46-49-28-10-1-11-29-49)63(93-70(81)55-40-22-7-23-41-55)62(60)92-69(80)54-38-20-6-21-39-54;16-18-17-2-1-8(21)27-5-15(13(26)10(23)7(4-20)29-15)30-14-12(25)11(24)9(22)6(3-19)28-14;/h1-8,10-25,28-43,57-64,72-73H,9,26-27,44-48H2,(H,75,83);6-7,9-14,19-20,22-26H,1-5H2;1H/t57-,58-,59+,60-,61+,62+,63-,64-,72+,73+;6-,7-,9-,10-,11+,12-,13+,14-,15+;/m11./s1. The zero-order chi connectivity index (χ0) is 88.6. The van der Waals surface area contributed by atoms with E-state index in [0.717, 1.165) is 5.56 Å². The Bertz CT molecular complexity index is 4830. The van der Waals surface area contributed by atoms with Crippen LogP contribution in [0.4, 0.5) is 4.79 Å². The van der Waals surface area contributed by atoms with Crippen LogP contribution in [0.2, 0.25) is 0 Å². The first kappa shape index (κ1) is 96.5. The number of nitrogens with one attached hydrogen (secondary N) is 1. The Morgan fingerprint density at radius 2 is 0.794 bits per heavy atom. The molecule has 36 nitrogen and oxygen atoms in total. The predicted molar refractivity (Wildman–Crippen MR) is 445 cm³/mol. The van der Waals surface area contributed by atoms with Gasteiger partial charge in [-0.15, -0.1) is 24.0 Å². The summed E-state index contributed by atoms with van der Waals surface area (Å²) in [6.45, 7) is -3.78. The van der Waals surface area contributed by atoms with Gasteiger partial charge in [-0.2, -0.15) is 0 Å². The highest BCUT2D eigenvalue weighted by atomic mass is 127. The van der Waals surface area contributed by atoms with E-state index < -0.39 is 203 Å². The van der Waals surface area contributed by atoms with Crippen LogP contribution in [-0.2, 0) is 87.2 Å². The van der Waals surface area contributed by atoms with E-state index in [9.17, 15) is 78.9 Å². The van der Waals surface area contributed by atoms with Gasteiger partial charge in [0.05, 0.1) is 58.6 Å². The molecule has 0 radical (unpaired) electrons. The third-order valence-electron chi connectivity index (χ3n) is 19.9. The lowest BCUT2D eigenvalue weighted by molar-refractivity contribution is -0.383. The largest absolute Gasteiger partial charge is 0.460 e. The van der Waals surface area contributed by atoms with Crippen molar-refractivity contribution in [1.29, 1.82) is 0 Å². The van der Waals surface area contributed by atoms with Gasteiger partial charge in [0, 0.05) is 24.6 Å². The molecule has 0 spiro atoms. The van der Waals surface area contributed by atoms with E-state index in [2.05, 4.69) is 15.3 Å². The topological polar surface area (TPSA) is 504 Å². The molecule has 0 bridgehead atoms. The van der Waals surface area contributed by atoms with Crippen LogP contribution in [0.3, 0.4) is 0 Å². The van der Waals surface area contributed by atoms with Crippen molar-refractivity contribution in [2.45, 2.75) is 149 Å². The lowest BCUT2D eigenvalue weighted by atomic mass is 9.95. The second kappa shape index (κ2) is 48.7. The Labute approximate surface area is 737 Å². The van der Waals surface area contributed by atoms with Crippen LogP contribution in [0.5, 0.6) is 0 Å². The van der Waals surface area contributed by atoms with Gasteiger partial charge in [0.2, 0.25) is 5.79 Å². The van der Waals surface area contributed by atoms with E-state index in [0.29, 0.717) is 19.3 Å². The predicted octanol–water partition coefficient (Wildman–Crippen LogP) is 7.25. The van der Waals surface area contributed by atoms with Crippen LogP contribution in [0.1, 0.15) is 104 Å². The molecule has 12 rings (SSSR count). The maximum Gasteiger partial charge on any atom is 0.407 e. The molecular formula is C89H93IN4O32. The number of halogens is 1. The third-order valence-corrected chi connectivity index (χ3v) is 19.9. The number of benzene rings is 8. The molecule has 37 heteroatoms. The molecule has 4 heterocycles. The first-order valence-electron chi connectivity index (χ1n) is 39.7. The summed E-state index contributed by atoms with van der Waals surface area (Å²) < 4.78 is 97.3. The summed E-state index contributed by atoms with van der Waals surface area (Å²) in [6, 6.07) is 64.0. The third kappa shape index (κ3) is 26.7. The molecule has 1 amide bonds. The van der Waals surface area contributed by atoms with E-state index in [4.69, 9.17) is 81.3 Å². The number of carbonyl (C=O) groups is 9. The summed E-state index contributed by atoms with van der Waals surface area (Å²) in [5.41, 5.74) is 9.39.